The summed E-state index contributed by atoms with van der Waals surface area (Å²) < 4.78 is 5.14. The number of oxazole rings is 1. The Morgan fingerprint density at radius 3 is 2.68 bits per heavy atom. The van der Waals surface area contributed by atoms with Gasteiger partial charge in [0, 0.05) is 18.0 Å². The summed E-state index contributed by atoms with van der Waals surface area (Å²) in [5.74, 6) is 1.41. The lowest BCUT2D eigenvalue weighted by Crippen LogP contribution is -2.01. The normalized spacial score (nSPS) is 10.3. The third-order valence-corrected chi connectivity index (χ3v) is 2.63. The molecule has 0 aliphatic heterocycles. The molecule has 1 N–H and O–H groups in total. The first-order valence-electron chi connectivity index (χ1n) is 5.91. The summed E-state index contributed by atoms with van der Waals surface area (Å²) in [7, 11) is 0. The second-order valence-electron chi connectivity index (χ2n) is 3.93. The van der Waals surface area contributed by atoms with Gasteiger partial charge in [-0.2, -0.15) is 0 Å². The van der Waals surface area contributed by atoms with Crippen LogP contribution in [0.1, 0.15) is 5.89 Å². The van der Waals surface area contributed by atoms with E-state index in [0.29, 0.717) is 12.4 Å². The highest BCUT2D eigenvalue weighted by molar-refractivity contribution is 5.59. The van der Waals surface area contributed by atoms with E-state index in [4.69, 9.17) is 4.42 Å². The monoisotopic (exact) mass is 252 g/mol. The molecular formula is C14H12N4O. The van der Waals surface area contributed by atoms with Crippen molar-refractivity contribution < 1.29 is 4.42 Å². The minimum Gasteiger partial charge on any atom is -0.447 e. The van der Waals surface area contributed by atoms with Gasteiger partial charge < -0.3 is 9.73 Å². The van der Waals surface area contributed by atoms with Crippen molar-refractivity contribution in [1.82, 2.24) is 15.0 Å². The summed E-state index contributed by atoms with van der Waals surface area (Å²) in [5, 5.41) is 3.14. The zero-order valence-electron chi connectivity index (χ0n) is 10.2. The average molecular weight is 252 g/mol. The third-order valence-electron chi connectivity index (χ3n) is 2.63. The second kappa shape index (κ2) is 5.30. The molecule has 0 saturated heterocycles. The molecule has 19 heavy (non-hydrogen) atoms. The van der Waals surface area contributed by atoms with E-state index >= 15 is 0 Å². The fourth-order valence-corrected chi connectivity index (χ4v) is 1.69. The van der Waals surface area contributed by atoms with E-state index in [0.717, 1.165) is 17.1 Å². The van der Waals surface area contributed by atoms with Gasteiger partial charge in [-0.3, -0.25) is 4.98 Å². The van der Waals surface area contributed by atoms with Crippen molar-refractivity contribution in [1.29, 1.82) is 0 Å². The van der Waals surface area contributed by atoms with Gasteiger partial charge in [0.05, 0.1) is 18.4 Å². The molecule has 3 aromatic heterocycles. The topological polar surface area (TPSA) is 63.8 Å². The van der Waals surface area contributed by atoms with Gasteiger partial charge in [0.1, 0.15) is 12.1 Å². The summed E-state index contributed by atoms with van der Waals surface area (Å²) >= 11 is 0. The van der Waals surface area contributed by atoms with E-state index in [1.807, 2.05) is 30.3 Å². The summed E-state index contributed by atoms with van der Waals surface area (Å²) in [6.07, 6.45) is 6.73. The van der Waals surface area contributed by atoms with Crippen LogP contribution in [-0.4, -0.2) is 15.0 Å². The summed E-state index contributed by atoms with van der Waals surface area (Å²) in [6, 6.07) is 9.69. The smallest absolute Gasteiger partial charge is 0.213 e. The van der Waals surface area contributed by atoms with Crippen LogP contribution in [0.3, 0.4) is 0 Å². The first-order chi connectivity index (χ1) is 9.42. The molecule has 0 spiro atoms. The molecule has 0 aliphatic carbocycles. The molecule has 0 aliphatic rings. The molecule has 3 rings (SSSR count). The van der Waals surface area contributed by atoms with E-state index in [9.17, 15) is 0 Å². The largest absolute Gasteiger partial charge is 0.447 e. The number of nitrogens with zero attached hydrogens (tertiary/aromatic N) is 3. The van der Waals surface area contributed by atoms with Crippen molar-refractivity contribution in [2.24, 2.45) is 0 Å². The highest BCUT2D eigenvalue weighted by Crippen LogP contribution is 2.16. The van der Waals surface area contributed by atoms with E-state index in [1.165, 1.54) is 0 Å². The molecule has 0 bridgehead atoms. The Morgan fingerprint density at radius 2 is 2.00 bits per heavy atom. The predicted molar refractivity (Wildman–Crippen MR) is 71.3 cm³/mol. The quantitative estimate of drug-likeness (QED) is 0.773. The first kappa shape index (κ1) is 11.4. The number of hydrogen-bond acceptors (Lipinski definition) is 5. The second-order valence-corrected chi connectivity index (χ2v) is 3.93. The van der Waals surface area contributed by atoms with Crippen LogP contribution < -0.4 is 5.32 Å². The van der Waals surface area contributed by atoms with E-state index in [1.54, 1.807) is 24.9 Å². The lowest BCUT2D eigenvalue weighted by Gasteiger charge is -2.04. The fourth-order valence-electron chi connectivity index (χ4n) is 1.69. The SMILES string of the molecule is c1ccc(-c2ccc(NCc3ncco3)nc2)nc1. The van der Waals surface area contributed by atoms with E-state index in [-0.39, 0.29) is 0 Å². The van der Waals surface area contributed by atoms with E-state index < -0.39 is 0 Å². The predicted octanol–water partition coefficient (Wildman–Crippen LogP) is 2.74. The van der Waals surface area contributed by atoms with Crippen molar-refractivity contribution in [3.63, 3.8) is 0 Å². The Kier molecular flexibility index (Phi) is 3.18. The van der Waals surface area contributed by atoms with Gasteiger partial charge in [0.2, 0.25) is 5.89 Å². The van der Waals surface area contributed by atoms with Crippen LogP contribution in [0.4, 0.5) is 5.82 Å². The molecule has 0 atom stereocenters. The zero-order valence-corrected chi connectivity index (χ0v) is 10.2. The van der Waals surface area contributed by atoms with Crippen LogP contribution in [0, 0.1) is 0 Å². The molecule has 3 aromatic rings. The van der Waals surface area contributed by atoms with Gasteiger partial charge in [-0.15, -0.1) is 0 Å². The van der Waals surface area contributed by atoms with Crippen LogP contribution in [0.25, 0.3) is 11.3 Å². The van der Waals surface area contributed by atoms with Crippen molar-refractivity contribution in [3.8, 4) is 11.3 Å². The molecular weight excluding hydrogens is 240 g/mol. The van der Waals surface area contributed by atoms with Crippen LogP contribution >= 0.6 is 0 Å². The number of nitrogens with one attached hydrogen (secondary N) is 1. The molecule has 3 heterocycles. The Morgan fingerprint density at radius 1 is 1.00 bits per heavy atom. The fraction of sp³-hybridized carbons (Fsp3) is 0.0714. The summed E-state index contributed by atoms with van der Waals surface area (Å²) in [6.45, 7) is 0.517. The molecule has 5 nitrogen and oxygen atoms in total. The Balaban J connectivity index is 1.69. The standard InChI is InChI=1S/C14H12N4O/c1-2-6-15-12(3-1)11-4-5-13(17-9-11)18-10-14-16-7-8-19-14/h1-9H,10H2,(H,17,18). The van der Waals surface area contributed by atoms with Crippen LogP contribution in [0.15, 0.2) is 59.6 Å². The average Bonchev–Trinajstić information content (AvgIpc) is 3.00. The summed E-state index contributed by atoms with van der Waals surface area (Å²) in [5.41, 5.74) is 1.90. The number of hydrogen-bond donors (Lipinski definition) is 1. The van der Waals surface area contributed by atoms with Crippen LogP contribution in [0.2, 0.25) is 0 Å². The van der Waals surface area contributed by atoms with Crippen molar-refractivity contribution in [3.05, 3.63) is 61.1 Å². The lowest BCUT2D eigenvalue weighted by molar-refractivity contribution is 0.503. The maximum Gasteiger partial charge on any atom is 0.213 e. The Hall–Kier alpha value is -2.69. The van der Waals surface area contributed by atoms with Gasteiger partial charge >= 0.3 is 0 Å². The minimum absolute atomic E-state index is 0.517. The highest BCUT2D eigenvalue weighted by Gasteiger charge is 2.01. The zero-order chi connectivity index (χ0) is 12.9. The third kappa shape index (κ3) is 2.77. The lowest BCUT2D eigenvalue weighted by atomic mass is 10.2. The number of rotatable bonds is 4. The van der Waals surface area contributed by atoms with Gasteiger partial charge in [-0.05, 0) is 24.3 Å². The maximum atomic E-state index is 5.14. The Bertz CT molecular complexity index is 620. The minimum atomic E-state index is 0.517. The van der Waals surface area contributed by atoms with Gasteiger partial charge in [0.25, 0.3) is 0 Å². The molecule has 0 fully saturated rings. The highest BCUT2D eigenvalue weighted by atomic mass is 16.3. The van der Waals surface area contributed by atoms with E-state index in [2.05, 4.69) is 20.3 Å². The molecule has 0 unspecified atom stereocenters. The Labute approximate surface area is 110 Å². The van der Waals surface area contributed by atoms with Gasteiger partial charge in [-0.25, -0.2) is 9.97 Å². The van der Waals surface area contributed by atoms with Crippen LogP contribution in [0.5, 0.6) is 0 Å². The molecule has 94 valence electrons. The molecule has 5 heteroatoms. The number of pyridine rings is 2. The van der Waals surface area contributed by atoms with Crippen LogP contribution in [-0.2, 0) is 6.54 Å². The first-order valence-corrected chi connectivity index (χ1v) is 5.91. The molecule has 0 amide bonds. The van der Waals surface area contributed by atoms with Gasteiger partial charge in [0.15, 0.2) is 0 Å². The molecule has 0 aromatic carbocycles. The molecule has 0 radical (unpaired) electrons. The number of anilines is 1. The number of aromatic nitrogens is 3. The van der Waals surface area contributed by atoms with Crippen molar-refractivity contribution in [2.75, 3.05) is 5.32 Å². The summed E-state index contributed by atoms with van der Waals surface area (Å²) in [4.78, 5) is 12.6. The van der Waals surface area contributed by atoms with Gasteiger partial charge in [-0.1, -0.05) is 6.07 Å². The maximum absolute atomic E-state index is 5.14. The molecule has 0 saturated carbocycles. The van der Waals surface area contributed by atoms with Crippen molar-refractivity contribution in [2.45, 2.75) is 6.54 Å². The van der Waals surface area contributed by atoms with Crippen molar-refractivity contribution >= 4 is 5.82 Å².